The van der Waals surface area contributed by atoms with Crippen molar-refractivity contribution >= 4 is 11.8 Å². The number of terminal acetylenes is 1. The van der Waals surface area contributed by atoms with Gasteiger partial charge in [-0.2, -0.15) is 11.8 Å². The van der Waals surface area contributed by atoms with Crippen LogP contribution in [0.25, 0.3) is 0 Å². The Bertz CT molecular complexity index is 503. The van der Waals surface area contributed by atoms with Crippen molar-refractivity contribution < 1.29 is 0 Å². The summed E-state index contributed by atoms with van der Waals surface area (Å²) in [5, 5.41) is 3.45. The van der Waals surface area contributed by atoms with Crippen LogP contribution in [0.1, 0.15) is 32.6 Å². The largest absolute Gasteiger partial charge is 0.387 e. The highest BCUT2D eigenvalue weighted by atomic mass is 32.2. The van der Waals surface area contributed by atoms with Gasteiger partial charge in [0.1, 0.15) is 0 Å². The van der Waals surface area contributed by atoms with Gasteiger partial charge in [-0.15, -0.1) is 12.8 Å². The number of hydrogen-bond donors (Lipinski definition) is 1. The molecule has 0 aromatic rings. The van der Waals surface area contributed by atoms with E-state index in [0.29, 0.717) is 0 Å². The Kier molecular flexibility index (Phi) is 8.02. The maximum absolute atomic E-state index is 4.00. The van der Waals surface area contributed by atoms with Crippen molar-refractivity contribution in [2.75, 3.05) is 31.6 Å². The van der Waals surface area contributed by atoms with E-state index >= 15 is 0 Å². The number of thioether (sulfide) groups is 1. The number of hydrogen-bond acceptors (Lipinski definition) is 3. The Morgan fingerprint density at radius 2 is 2.21 bits per heavy atom. The zero-order valence-electron chi connectivity index (χ0n) is 15.2. The van der Waals surface area contributed by atoms with Crippen LogP contribution in [-0.4, -0.2) is 42.6 Å². The average molecular weight is 345 g/mol. The summed E-state index contributed by atoms with van der Waals surface area (Å²) in [7, 11) is 0. The lowest BCUT2D eigenvalue weighted by Gasteiger charge is -2.49. The van der Waals surface area contributed by atoms with Gasteiger partial charge in [0.15, 0.2) is 0 Å². The first-order chi connectivity index (χ1) is 11.8. The van der Waals surface area contributed by atoms with Crippen LogP contribution in [0, 0.1) is 24.7 Å². The van der Waals surface area contributed by atoms with Crippen LogP contribution in [0.3, 0.4) is 0 Å². The minimum absolute atomic E-state index is 0.734. The van der Waals surface area contributed by atoms with E-state index in [4.69, 9.17) is 0 Å². The molecule has 3 atom stereocenters. The van der Waals surface area contributed by atoms with E-state index in [-0.39, 0.29) is 0 Å². The molecular weight excluding hydrogens is 312 g/mol. The third kappa shape index (κ3) is 4.71. The molecule has 2 fully saturated rings. The summed E-state index contributed by atoms with van der Waals surface area (Å²) in [6, 6.07) is 0.734. The van der Waals surface area contributed by atoms with Gasteiger partial charge in [0.05, 0.1) is 0 Å². The third-order valence-corrected chi connectivity index (χ3v) is 6.10. The molecule has 3 unspecified atom stereocenters. The smallest absolute Gasteiger partial charge is 0.0328 e. The summed E-state index contributed by atoms with van der Waals surface area (Å²) in [5.74, 6) is 2.96. The molecule has 3 aliphatic rings. The molecule has 0 amide bonds. The van der Waals surface area contributed by atoms with Crippen LogP contribution >= 0.6 is 11.8 Å². The van der Waals surface area contributed by atoms with Crippen molar-refractivity contribution in [2.45, 2.75) is 38.6 Å². The monoisotopic (exact) mass is 344 g/mol. The standard InChI is InChI=1S/C19H30N2S.C2H2/c1-3-8-21-13-16(14-22-2)10-18-17-6-4-5-7-20-12-15(9-17)11-19(18)21;1-2/h4-6,12,16,18-20H,3,7-11,13-14H2,1-2H3;1-2H/b5-4-,15-12+,17-6+;. The Balaban J connectivity index is 0.00000100. The fourth-order valence-corrected chi connectivity index (χ4v) is 5.15. The molecule has 24 heavy (non-hydrogen) atoms. The Hall–Kier alpha value is -1.11. The molecule has 1 saturated heterocycles. The molecule has 3 heteroatoms. The molecule has 132 valence electrons. The first-order valence-corrected chi connectivity index (χ1v) is 10.5. The van der Waals surface area contributed by atoms with Crippen LogP contribution in [0.2, 0.25) is 0 Å². The van der Waals surface area contributed by atoms with Gasteiger partial charge in [-0.25, -0.2) is 0 Å². The lowest BCUT2D eigenvalue weighted by atomic mass is 9.70. The average Bonchev–Trinajstić information content (AvgIpc) is 2.69. The number of likely N-dealkylation sites (tertiary alicyclic amines) is 1. The number of rotatable bonds is 4. The highest BCUT2D eigenvalue weighted by Crippen LogP contribution is 2.43. The zero-order valence-corrected chi connectivity index (χ0v) is 16.0. The van der Waals surface area contributed by atoms with E-state index in [9.17, 15) is 0 Å². The second-order valence-electron chi connectivity index (χ2n) is 6.99. The Morgan fingerprint density at radius 1 is 1.38 bits per heavy atom. The molecule has 0 aromatic carbocycles. The molecule has 2 bridgehead atoms. The summed E-state index contributed by atoms with van der Waals surface area (Å²) in [5.41, 5.74) is 3.27. The van der Waals surface area contributed by atoms with Crippen LogP contribution in [0.15, 0.2) is 35.6 Å². The lowest BCUT2D eigenvalue weighted by Crippen LogP contribution is -2.51. The van der Waals surface area contributed by atoms with Crippen molar-refractivity contribution in [2.24, 2.45) is 11.8 Å². The first kappa shape index (κ1) is 19.2. The summed E-state index contributed by atoms with van der Waals surface area (Å²) < 4.78 is 0. The maximum Gasteiger partial charge on any atom is 0.0328 e. The van der Waals surface area contributed by atoms with Gasteiger partial charge in [-0.1, -0.05) is 30.7 Å². The number of nitrogens with zero attached hydrogens (tertiary/aromatic N) is 1. The molecule has 0 spiro atoms. The van der Waals surface area contributed by atoms with Gasteiger partial charge < -0.3 is 5.32 Å². The molecule has 2 heterocycles. The van der Waals surface area contributed by atoms with Gasteiger partial charge in [0.2, 0.25) is 0 Å². The summed E-state index contributed by atoms with van der Waals surface area (Å²) >= 11 is 2.02. The normalized spacial score (nSPS) is 35.1. The van der Waals surface area contributed by atoms with Gasteiger partial charge >= 0.3 is 0 Å². The minimum Gasteiger partial charge on any atom is -0.387 e. The van der Waals surface area contributed by atoms with Gasteiger partial charge in [-0.3, -0.25) is 4.90 Å². The van der Waals surface area contributed by atoms with E-state index in [0.717, 1.165) is 24.4 Å². The fourth-order valence-electron chi connectivity index (χ4n) is 4.44. The molecule has 1 N–H and O–H groups in total. The highest BCUT2D eigenvalue weighted by Gasteiger charge is 2.40. The van der Waals surface area contributed by atoms with E-state index < -0.39 is 0 Å². The molecular formula is C21H32N2S. The van der Waals surface area contributed by atoms with Crippen LogP contribution < -0.4 is 5.32 Å². The van der Waals surface area contributed by atoms with Gasteiger partial charge in [0, 0.05) is 19.1 Å². The van der Waals surface area contributed by atoms with Crippen molar-refractivity contribution in [1.29, 1.82) is 0 Å². The predicted octanol–water partition coefficient (Wildman–Crippen LogP) is 4.08. The second kappa shape index (κ2) is 10.0. The van der Waals surface area contributed by atoms with E-state index in [1.54, 1.807) is 11.1 Å². The van der Waals surface area contributed by atoms with E-state index in [1.165, 1.54) is 44.5 Å². The molecule has 2 nitrogen and oxygen atoms in total. The summed E-state index contributed by atoms with van der Waals surface area (Å²) in [4.78, 5) is 2.80. The lowest BCUT2D eigenvalue weighted by molar-refractivity contribution is 0.0694. The maximum atomic E-state index is 4.00. The minimum atomic E-state index is 0.734. The van der Waals surface area contributed by atoms with Crippen LogP contribution in [0.4, 0.5) is 0 Å². The molecule has 0 aromatic heterocycles. The molecule has 1 saturated carbocycles. The highest BCUT2D eigenvalue weighted by molar-refractivity contribution is 7.98. The zero-order chi connectivity index (χ0) is 17.4. The van der Waals surface area contributed by atoms with Crippen molar-refractivity contribution in [3.63, 3.8) is 0 Å². The molecule has 2 aliphatic heterocycles. The number of fused-ring (bicyclic) bond motifs is 4. The summed E-state index contributed by atoms with van der Waals surface area (Å²) in [6.07, 6.45) is 24.6. The number of allylic oxidation sites excluding steroid dienone is 2. The van der Waals surface area contributed by atoms with Crippen LogP contribution in [0.5, 0.6) is 0 Å². The van der Waals surface area contributed by atoms with Gasteiger partial charge in [0.25, 0.3) is 0 Å². The fraction of sp³-hybridized carbons (Fsp3) is 0.619. The number of piperidine rings is 1. The van der Waals surface area contributed by atoms with Crippen molar-refractivity contribution in [3.8, 4) is 12.8 Å². The molecule has 1 aliphatic carbocycles. The van der Waals surface area contributed by atoms with Crippen molar-refractivity contribution in [1.82, 2.24) is 10.2 Å². The SMILES string of the molecule is C#C.CCCN1CC(CSC)CC2/C3=C/C=C\CN/C=C(\C3)CC21. The Morgan fingerprint density at radius 3 is 2.96 bits per heavy atom. The third-order valence-electron chi connectivity index (χ3n) is 5.29. The van der Waals surface area contributed by atoms with Crippen LogP contribution in [-0.2, 0) is 0 Å². The second-order valence-corrected chi connectivity index (χ2v) is 7.90. The Labute approximate surface area is 152 Å². The van der Waals surface area contributed by atoms with E-state index in [2.05, 4.69) is 60.7 Å². The molecule has 3 rings (SSSR count). The summed E-state index contributed by atoms with van der Waals surface area (Å²) in [6.45, 7) is 5.84. The predicted molar refractivity (Wildman–Crippen MR) is 108 cm³/mol. The number of nitrogens with one attached hydrogen (secondary N) is 1. The first-order valence-electron chi connectivity index (χ1n) is 9.15. The van der Waals surface area contributed by atoms with Gasteiger partial charge in [-0.05, 0) is 67.8 Å². The van der Waals surface area contributed by atoms with Crippen molar-refractivity contribution in [3.05, 3.63) is 35.6 Å². The van der Waals surface area contributed by atoms with E-state index in [1.807, 2.05) is 11.8 Å². The quantitative estimate of drug-likeness (QED) is 0.774. The molecule has 0 radical (unpaired) electrons. The topological polar surface area (TPSA) is 15.3 Å².